The molecular weight excluding hydrogens is 378 g/mol. The van der Waals surface area contributed by atoms with E-state index in [4.69, 9.17) is 5.10 Å². The Balaban J connectivity index is 1.43. The van der Waals surface area contributed by atoms with Gasteiger partial charge in [-0.15, -0.1) is 11.3 Å². The molecule has 148 valence electrons. The van der Waals surface area contributed by atoms with Crippen molar-refractivity contribution >= 4 is 11.3 Å². The maximum atomic E-state index is 4.75. The van der Waals surface area contributed by atoms with Crippen LogP contribution in [0.3, 0.4) is 0 Å². The summed E-state index contributed by atoms with van der Waals surface area (Å²) in [6.07, 6.45) is 8.11. The standard InChI is InChI=1S/C23H25N5S/c1-23(2)13-20(25-15-18-9-6-11-27(18)22-24-10-12-29-22)19-16-26-28(21(19)14-23)17-7-4-3-5-8-17/h3-12,16,20,25H,13-15H2,1-2H3/t20-/m0/s1. The highest BCUT2D eigenvalue weighted by Crippen LogP contribution is 2.41. The molecule has 1 aromatic carbocycles. The lowest BCUT2D eigenvalue weighted by atomic mass is 9.74. The minimum Gasteiger partial charge on any atom is -0.304 e. The lowest BCUT2D eigenvalue weighted by Gasteiger charge is -2.36. The van der Waals surface area contributed by atoms with Crippen molar-refractivity contribution in [3.05, 3.63) is 83.4 Å². The highest BCUT2D eigenvalue weighted by atomic mass is 32.1. The van der Waals surface area contributed by atoms with Gasteiger partial charge in [0.15, 0.2) is 5.13 Å². The molecule has 0 saturated heterocycles. The zero-order valence-electron chi connectivity index (χ0n) is 16.7. The third-order valence-corrected chi connectivity index (χ3v) is 6.44. The van der Waals surface area contributed by atoms with Crippen LogP contribution >= 0.6 is 11.3 Å². The van der Waals surface area contributed by atoms with Gasteiger partial charge >= 0.3 is 0 Å². The molecule has 3 aromatic heterocycles. The minimum absolute atomic E-state index is 0.217. The summed E-state index contributed by atoms with van der Waals surface area (Å²) in [5.74, 6) is 0. The number of thiazole rings is 1. The average Bonchev–Trinajstić information content (AvgIpc) is 3.45. The monoisotopic (exact) mass is 403 g/mol. The van der Waals surface area contributed by atoms with E-state index in [9.17, 15) is 0 Å². The van der Waals surface area contributed by atoms with Crippen LogP contribution in [-0.4, -0.2) is 19.3 Å². The Morgan fingerprint density at radius 3 is 2.83 bits per heavy atom. The van der Waals surface area contributed by atoms with Gasteiger partial charge in [-0.05, 0) is 42.5 Å². The molecule has 0 fully saturated rings. The SMILES string of the molecule is CC1(C)Cc2c(cnn2-c2ccccc2)[C@@H](NCc2cccn2-c2nccs2)C1. The first-order valence-corrected chi connectivity index (χ1v) is 10.9. The van der Waals surface area contributed by atoms with E-state index < -0.39 is 0 Å². The van der Waals surface area contributed by atoms with E-state index in [0.717, 1.165) is 30.2 Å². The van der Waals surface area contributed by atoms with E-state index in [1.54, 1.807) is 11.3 Å². The van der Waals surface area contributed by atoms with Crippen LogP contribution in [0.2, 0.25) is 0 Å². The summed E-state index contributed by atoms with van der Waals surface area (Å²) in [6, 6.07) is 15.0. The molecule has 3 heterocycles. The second-order valence-corrected chi connectivity index (χ2v) is 9.33. The first kappa shape index (κ1) is 18.3. The average molecular weight is 404 g/mol. The topological polar surface area (TPSA) is 47.7 Å². The number of rotatable bonds is 5. The molecule has 0 radical (unpaired) electrons. The maximum Gasteiger partial charge on any atom is 0.193 e. The van der Waals surface area contributed by atoms with Gasteiger partial charge in [0.25, 0.3) is 0 Å². The van der Waals surface area contributed by atoms with E-state index in [1.807, 2.05) is 17.6 Å². The lowest BCUT2D eigenvalue weighted by Crippen LogP contribution is -2.33. The maximum absolute atomic E-state index is 4.75. The second kappa shape index (κ2) is 7.28. The van der Waals surface area contributed by atoms with Crippen molar-refractivity contribution < 1.29 is 0 Å². The summed E-state index contributed by atoms with van der Waals surface area (Å²) in [4.78, 5) is 4.45. The fraction of sp³-hybridized carbons (Fsp3) is 0.304. The molecule has 1 atom stereocenters. The molecule has 0 bridgehead atoms. The molecular formula is C23H25N5S. The van der Waals surface area contributed by atoms with Crippen LogP contribution < -0.4 is 5.32 Å². The predicted octanol–water partition coefficient (Wildman–Crippen LogP) is 4.92. The minimum atomic E-state index is 0.217. The van der Waals surface area contributed by atoms with Crippen LogP contribution in [-0.2, 0) is 13.0 Å². The van der Waals surface area contributed by atoms with Crippen LogP contribution in [0, 0.1) is 5.41 Å². The number of para-hydroxylation sites is 1. The van der Waals surface area contributed by atoms with Gasteiger partial charge in [-0.1, -0.05) is 32.0 Å². The summed E-state index contributed by atoms with van der Waals surface area (Å²) < 4.78 is 4.28. The summed E-state index contributed by atoms with van der Waals surface area (Å²) in [5.41, 5.74) is 5.21. The Morgan fingerprint density at radius 2 is 2.03 bits per heavy atom. The Morgan fingerprint density at radius 1 is 1.17 bits per heavy atom. The van der Waals surface area contributed by atoms with Gasteiger partial charge in [0.05, 0.1) is 11.9 Å². The van der Waals surface area contributed by atoms with E-state index in [2.05, 4.69) is 82.2 Å². The zero-order chi connectivity index (χ0) is 19.8. The molecule has 1 aliphatic carbocycles. The molecule has 0 aliphatic heterocycles. The Bertz CT molecular complexity index is 1090. The molecule has 4 aromatic rings. The van der Waals surface area contributed by atoms with Crippen LogP contribution in [0.1, 0.15) is 43.3 Å². The molecule has 1 N–H and O–H groups in total. The van der Waals surface area contributed by atoms with Gasteiger partial charge in [0, 0.05) is 47.3 Å². The van der Waals surface area contributed by atoms with Gasteiger partial charge in [0.2, 0.25) is 0 Å². The fourth-order valence-corrected chi connectivity index (χ4v) is 4.98. The van der Waals surface area contributed by atoms with Crippen molar-refractivity contribution in [3.8, 4) is 10.8 Å². The molecule has 0 unspecified atom stereocenters. The number of aromatic nitrogens is 4. The number of hydrogen-bond donors (Lipinski definition) is 1. The lowest BCUT2D eigenvalue weighted by molar-refractivity contribution is 0.252. The van der Waals surface area contributed by atoms with Crippen molar-refractivity contribution in [2.75, 3.05) is 0 Å². The molecule has 0 spiro atoms. The smallest absolute Gasteiger partial charge is 0.193 e. The van der Waals surface area contributed by atoms with Crippen LogP contribution in [0.5, 0.6) is 0 Å². The second-order valence-electron chi connectivity index (χ2n) is 8.46. The first-order chi connectivity index (χ1) is 14.1. The number of nitrogens with zero attached hydrogens (tertiary/aromatic N) is 4. The van der Waals surface area contributed by atoms with Gasteiger partial charge < -0.3 is 5.32 Å². The van der Waals surface area contributed by atoms with Gasteiger partial charge in [0.1, 0.15) is 0 Å². The molecule has 0 amide bonds. The number of fused-ring (bicyclic) bond motifs is 1. The zero-order valence-corrected chi connectivity index (χ0v) is 17.6. The van der Waals surface area contributed by atoms with E-state index >= 15 is 0 Å². The van der Waals surface area contributed by atoms with E-state index in [1.165, 1.54) is 17.0 Å². The van der Waals surface area contributed by atoms with Crippen molar-refractivity contribution in [1.82, 2.24) is 24.6 Å². The van der Waals surface area contributed by atoms with Gasteiger partial charge in [-0.2, -0.15) is 5.10 Å². The van der Waals surface area contributed by atoms with Crippen molar-refractivity contribution in [1.29, 1.82) is 0 Å². The number of hydrogen-bond acceptors (Lipinski definition) is 4. The summed E-state index contributed by atoms with van der Waals surface area (Å²) in [7, 11) is 0. The highest BCUT2D eigenvalue weighted by Gasteiger charge is 2.35. The summed E-state index contributed by atoms with van der Waals surface area (Å²) in [5, 5.41) is 11.6. The molecule has 5 nitrogen and oxygen atoms in total. The normalized spacial score (nSPS) is 17.9. The Labute approximate surface area is 175 Å². The largest absolute Gasteiger partial charge is 0.304 e. The quantitative estimate of drug-likeness (QED) is 0.514. The van der Waals surface area contributed by atoms with Crippen LogP contribution in [0.15, 0.2) is 66.4 Å². The van der Waals surface area contributed by atoms with Crippen molar-refractivity contribution in [2.24, 2.45) is 5.41 Å². The first-order valence-electron chi connectivity index (χ1n) is 10.0. The van der Waals surface area contributed by atoms with E-state index in [0.29, 0.717) is 0 Å². The van der Waals surface area contributed by atoms with E-state index in [-0.39, 0.29) is 11.5 Å². The van der Waals surface area contributed by atoms with Crippen molar-refractivity contribution in [3.63, 3.8) is 0 Å². The Hall–Kier alpha value is -2.70. The van der Waals surface area contributed by atoms with Gasteiger partial charge in [-0.3, -0.25) is 4.57 Å². The van der Waals surface area contributed by atoms with Crippen LogP contribution in [0.25, 0.3) is 10.8 Å². The number of benzene rings is 1. The molecule has 0 saturated carbocycles. The third kappa shape index (κ3) is 3.54. The fourth-order valence-electron chi connectivity index (χ4n) is 4.33. The van der Waals surface area contributed by atoms with Crippen molar-refractivity contribution in [2.45, 2.75) is 39.3 Å². The summed E-state index contributed by atoms with van der Waals surface area (Å²) in [6.45, 7) is 5.50. The van der Waals surface area contributed by atoms with Crippen LogP contribution in [0.4, 0.5) is 0 Å². The molecule has 6 heteroatoms. The molecule has 5 rings (SSSR count). The predicted molar refractivity (Wildman–Crippen MR) is 117 cm³/mol. The number of nitrogens with one attached hydrogen (secondary N) is 1. The summed E-state index contributed by atoms with van der Waals surface area (Å²) >= 11 is 1.66. The molecule has 1 aliphatic rings. The Kier molecular flexibility index (Phi) is 4.60. The van der Waals surface area contributed by atoms with Gasteiger partial charge in [-0.25, -0.2) is 9.67 Å². The molecule has 29 heavy (non-hydrogen) atoms. The third-order valence-electron chi connectivity index (χ3n) is 5.67. The highest BCUT2D eigenvalue weighted by molar-refractivity contribution is 7.12.